The van der Waals surface area contributed by atoms with Gasteiger partial charge in [0.15, 0.2) is 53.0 Å². The lowest BCUT2D eigenvalue weighted by Crippen LogP contribution is -2.51. The number of amides is 1. The number of hydrogen-bond acceptors (Lipinski definition) is 27. The van der Waals surface area contributed by atoms with Crippen molar-refractivity contribution in [3.63, 3.8) is 0 Å². The molecule has 0 radical (unpaired) electrons. The van der Waals surface area contributed by atoms with Crippen LogP contribution in [-0.2, 0) is 74.8 Å². The summed E-state index contributed by atoms with van der Waals surface area (Å²) in [4.78, 5) is 77.0. The van der Waals surface area contributed by atoms with E-state index in [2.05, 4.69) is 36.9 Å². The zero-order valence-electron chi connectivity index (χ0n) is 53.4. The normalized spacial score (nSPS) is 30.0. The van der Waals surface area contributed by atoms with E-state index in [4.69, 9.17) is 67.2 Å². The number of carbonyl (C=O) groups is 4. The molecule has 514 valence electrons. The fourth-order valence-corrected chi connectivity index (χ4v) is 12.9. The summed E-state index contributed by atoms with van der Waals surface area (Å²) in [7, 11) is -8.16. The van der Waals surface area contributed by atoms with E-state index >= 15 is 13.2 Å². The number of anilines is 2. The highest BCUT2D eigenvalue weighted by atomic mass is 31.2. The highest BCUT2D eigenvalue weighted by Gasteiger charge is 2.63. The summed E-state index contributed by atoms with van der Waals surface area (Å²) in [5.74, 6) is -2.80. The van der Waals surface area contributed by atoms with Crippen LogP contribution in [0.3, 0.4) is 0 Å². The number of ether oxygens (including phenoxy) is 7. The third kappa shape index (κ3) is 17.3. The summed E-state index contributed by atoms with van der Waals surface area (Å²) in [6, 6.07) is 8.33. The number of nitrogens with zero attached hydrogens (tertiary/aromatic N) is 7. The van der Waals surface area contributed by atoms with Crippen LogP contribution >= 0.6 is 15.6 Å². The van der Waals surface area contributed by atoms with Gasteiger partial charge in [-0.05, 0) is 80.5 Å². The number of aromatic nitrogens is 6. The van der Waals surface area contributed by atoms with Crippen LogP contribution in [0.25, 0.3) is 11.2 Å². The first kappa shape index (κ1) is 73.3. The molecule has 0 bridgehead atoms. The van der Waals surface area contributed by atoms with Crippen molar-refractivity contribution in [1.29, 1.82) is 0 Å². The average Bonchev–Trinajstić information content (AvgIpc) is 1.60. The van der Waals surface area contributed by atoms with Crippen LogP contribution < -0.4 is 36.8 Å². The minimum Gasteiger partial charge on any atom is -0.476 e. The SMILES string of the molecule is C=C1NC(=O)C=CN1[C@@H]1O[C@H](COP(=O)(N[C@@H](C)C(=O)OC(C)C)Oc2ccccc2)[C@@H](O)[C@@]1(C)F.CC(C)C(=O)OC[C@H]1O[C@@H](n2ccc(N)nc2=O)[C@](C)(F)[C@@H]1OC(=O)C(C)C.CCOc1nc(N)nc2c1ncn2[C@@H]1O[C@@H]2COP(=O)(OC(C)C)O[C@H]2[C@@]1(C)F. The Morgan fingerprint density at radius 3 is 2.13 bits per heavy atom. The number of phosphoric ester groups is 1. The van der Waals surface area contributed by atoms with Crippen molar-refractivity contribution in [2.24, 2.45) is 11.8 Å². The Kier molecular flexibility index (Phi) is 23.4. The Morgan fingerprint density at radius 1 is 0.860 bits per heavy atom. The summed E-state index contributed by atoms with van der Waals surface area (Å²) in [6.07, 6.45) is -7.20. The number of hydrogen-bond donors (Lipinski definition) is 5. The van der Waals surface area contributed by atoms with Gasteiger partial charge in [0.05, 0.1) is 50.2 Å². The minimum atomic E-state index is -4.25. The fourth-order valence-electron chi connectivity index (χ4n) is 9.76. The van der Waals surface area contributed by atoms with Crippen molar-refractivity contribution in [1.82, 2.24) is 44.4 Å². The standard InChI is InChI=1S/C23H31FN3O8P.C18H26FN3O6.C16H23FN5O6P/c1-14(2)33-21(30)15(3)26-36(31,35-17-9-7-6-8-10-17)32-13-18-20(29)23(5,24)22(34-18)27-12-11-19(28)25-16(27)4;1-9(2)14(23)26-8-11-13(28-15(24)10(3)4)18(5,19)16(27-11)22-7-6-12(20)21-17(22)25;1-5-24-13-10-12(20-15(18)21-13)22(7-19-10)14-16(4,17)11-9(26-14)6-25-29(23,28-11)27-8(2)3/h6-12,14-15,18,20,22,29H,4,13H2,1-3,5H3,(H,25,28)(H,26,31);6-7,9-11,13,16H,8H2,1-5H3,(H2,20,21,25);7-9,11,14H,5-6H2,1-4H3,(H2,18,20,21)/t15-,18+,20+,22+,23+,36?;11-,13-,16-,18-;9-,11-,14-,16-,29?/m011/s1. The van der Waals surface area contributed by atoms with Crippen LogP contribution in [0.1, 0.15) is 102 Å². The maximum atomic E-state index is 15.9. The van der Waals surface area contributed by atoms with Gasteiger partial charge in [-0.1, -0.05) is 52.5 Å². The molecule has 7 N–H and O–H groups in total. The van der Waals surface area contributed by atoms with Gasteiger partial charge in [-0.3, -0.25) is 46.4 Å². The van der Waals surface area contributed by atoms with Gasteiger partial charge in [0.2, 0.25) is 11.8 Å². The number of phosphoric acid groups is 1. The van der Waals surface area contributed by atoms with Crippen molar-refractivity contribution in [3.05, 3.63) is 84.1 Å². The van der Waals surface area contributed by atoms with Gasteiger partial charge in [-0.2, -0.15) is 20.0 Å². The second-order valence-corrected chi connectivity index (χ2v) is 26.8. The van der Waals surface area contributed by atoms with Crippen molar-refractivity contribution >= 4 is 62.3 Å². The largest absolute Gasteiger partial charge is 0.476 e. The molecule has 4 saturated heterocycles. The van der Waals surface area contributed by atoms with E-state index in [0.717, 1.165) is 24.5 Å². The summed E-state index contributed by atoms with van der Waals surface area (Å²) < 4.78 is 141. The molecule has 93 heavy (non-hydrogen) atoms. The number of rotatable bonds is 21. The van der Waals surface area contributed by atoms with Crippen LogP contribution in [-0.4, -0.2) is 167 Å². The number of benzene rings is 1. The van der Waals surface area contributed by atoms with Gasteiger partial charge in [0.25, 0.3) is 5.91 Å². The van der Waals surface area contributed by atoms with Gasteiger partial charge in [0, 0.05) is 18.5 Å². The number of esters is 3. The van der Waals surface area contributed by atoms with Crippen LogP contribution in [0, 0.1) is 11.8 Å². The molecule has 3 aromatic heterocycles. The first-order chi connectivity index (χ1) is 43.4. The lowest BCUT2D eigenvalue weighted by Gasteiger charge is -2.35. The maximum absolute atomic E-state index is 15.9. The van der Waals surface area contributed by atoms with Crippen molar-refractivity contribution in [3.8, 4) is 11.6 Å². The van der Waals surface area contributed by atoms with Gasteiger partial charge in [0.1, 0.15) is 60.6 Å². The molecule has 15 atom stereocenters. The van der Waals surface area contributed by atoms with Crippen molar-refractivity contribution in [2.75, 3.05) is 37.9 Å². The first-order valence-electron chi connectivity index (χ1n) is 29.5. The molecule has 4 fully saturated rings. The molecule has 31 nitrogen and oxygen atoms in total. The number of aliphatic hydroxyl groups is 1. The number of alkyl halides is 3. The number of halogens is 3. The Bertz CT molecular complexity index is 3530. The molecule has 1 amide bonds. The number of para-hydroxylation sites is 1. The van der Waals surface area contributed by atoms with Crippen molar-refractivity contribution < 1.29 is 102 Å². The Balaban J connectivity index is 0.000000200. The fraction of sp³-hybridized carbons (Fsp3) is 0.596. The maximum Gasteiger partial charge on any atom is 0.475 e. The van der Waals surface area contributed by atoms with E-state index in [1.807, 2.05) is 0 Å². The zero-order chi connectivity index (χ0) is 68.9. The third-order valence-electron chi connectivity index (χ3n) is 14.3. The van der Waals surface area contributed by atoms with Crippen LogP contribution in [0.15, 0.2) is 78.4 Å². The van der Waals surface area contributed by atoms with E-state index in [9.17, 15) is 38.2 Å². The molecule has 0 aliphatic carbocycles. The predicted octanol–water partition coefficient (Wildman–Crippen LogP) is 5.95. The van der Waals surface area contributed by atoms with E-state index in [0.29, 0.717) is 12.1 Å². The van der Waals surface area contributed by atoms with Gasteiger partial charge in [-0.25, -0.2) is 32.1 Å². The smallest absolute Gasteiger partial charge is 0.475 e. The molecule has 2 unspecified atom stereocenters. The van der Waals surface area contributed by atoms with Gasteiger partial charge < -0.3 is 64.5 Å². The zero-order valence-corrected chi connectivity index (χ0v) is 55.2. The molecular weight excluding hydrogens is 1280 g/mol. The number of fused-ring (bicyclic) bond motifs is 2. The summed E-state index contributed by atoms with van der Waals surface area (Å²) in [5.41, 5.74) is 4.28. The Labute approximate surface area is 533 Å². The second-order valence-electron chi connectivity index (χ2n) is 23.6. The number of nitrogens with two attached hydrogens (primary N) is 2. The summed E-state index contributed by atoms with van der Waals surface area (Å²) >= 11 is 0. The topological polar surface area (TPSA) is 391 Å². The number of nitrogens with one attached hydrogen (secondary N) is 2. The second kappa shape index (κ2) is 29.7. The summed E-state index contributed by atoms with van der Waals surface area (Å²) in [5, 5.41) is 15.6. The highest BCUT2D eigenvalue weighted by molar-refractivity contribution is 7.52. The first-order valence-corrected chi connectivity index (χ1v) is 32.5. The summed E-state index contributed by atoms with van der Waals surface area (Å²) in [6.45, 7) is 23.0. The number of carbonyl (C=O) groups excluding carboxylic acids is 4. The van der Waals surface area contributed by atoms with Gasteiger partial charge >= 0.3 is 39.2 Å². The molecular formula is C57H80F3N11O20P2. The molecule has 5 aliphatic rings. The molecule has 8 heterocycles. The quantitative estimate of drug-likeness (QED) is 0.0365. The molecule has 0 spiro atoms. The Hall–Kier alpha value is -7.10. The van der Waals surface area contributed by atoms with Crippen LogP contribution in [0.2, 0.25) is 0 Å². The monoisotopic (exact) mass is 1360 g/mol. The molecule has 5 aliphatic heterocycles. The number of nitrogen functional groups attached to an aromatic ring is 2. The van der Waals surface area contributed by atoms with Gasteiger partial charge in [-0.15, -0.1) is 0 Å². The molecule has 4 aromatic rings. The van der Waals surface area contributed by atoms with Crippen LogP contribution in [0.4, 0.5) is 24.9 Å². The highest BCUT2D eigenvalue weighted by Crippen LogP contribution is 2.60. The van der Waals surface area contributed by atoms with E-state index in [1.165, 1.54) is 60.2 Å². The lowest BCUT2D eigenvalue weighted by molar-refractivity contribution is -0.165. The van der Waals surface area contributed by atoms with E-state index in [-0.39, 0.29) is 48.1 Å². The van der Waals surface area contributed by atoms with Crippen LogP contribution in [0.5, 0.6) is 11.6 Å². The number of aliphatic hydroxyl groups excluding tert-OH is 1. The molecule has 9 rings (SSSR count). The Morgan fingerprint density at radius 2 is 1.52 bits per heavy atom. The van der Waals surface area contributed by atoms with Crippen molar-refractivity contribution in [2.45, 2.75) is 181 Å². The third-order valence-corrected chi connectivity index (χ3v) is 17.6. The minimum absolute atomic E-state index is 0.0231. The lowest BCUT2D eigenvalue weighted by atomic mass is 9.98. The van der Waals surface area contributed by atoms with E-state index < -0.39 is 154 Å². The molecule has 36 heteroatoms. The van der Waals surface area contributed by atoms with E-state index in [1.54, 1.807) is 80.5 Å². The number of imidazole rings is 1. The average molecular weight is 1360 g/mol. The molecule has 1 aromatic carbocycles. The molecule has 0 saturated carbocycles. The predicted molar refractivity (Wildman–Crippen MR) is 323 cm³/mol.